The van der Waals surface area contributed by atoms with Crippen molar-refractivity contribution in [2.45, 2.75) is 19.2 Å². The van der Waals surface area contributed by atoms with Gasteiger partial charge in [0.05, 0.1) is 0 Å². The molecule has 0 saturated heterocycles. The van der Waals surface area contributed by atoms with Gasteiger partial charge in [-0.15, -0.1) is 13.2 Å². The van der Waals surface area contributed by atoms with E-state index in [0.717, 1.165) is 12.1 Å². The van der Waals surface area contributed by atoms with Crippen LogP contribution in [0.1, 0.15) is 18.4 Å². The highest BCUT2D eigenvalue weighted by molar-refractivity contribution is 5.31. The lowest BCUT2D eigenvalue weighted by Gasteiger charge is -2.12. The molecule has 0 radical (unpaired) electrons. The van der Waals surface area contributed by atoms with Gasteiger partial charge in [-0.1, -0.05) is 13.0 Å². The molecule has 0 aliphatic carbocycles. The number of hydrogen-bond donors (Lipinski definition) is 1. The summed E-state index contributed by atoms with van der Waals surface area (Å²) in [4.78, 5) is 0. The number of rotatable bonds is 3. The molecule has 0 aliphatic heterocycles. The first-order valence-corrected chi connectivity index (χ1v) is 4.49. The molecule has 1 aromatic carbocycles. The second-order valence-corrected chi connectivity index (χ2v) is 3.32. The summed E-state index contributed by atoms with van der Waals surface area (Å²) in [5.74, 6) is -2.31. The SMILES string of the molecule is CC(CO)c1ccc(OC(F)(F)F)c(F)c1. The predicted molar refractivity (Wildman–Crippen MR) is 48.6 cm³/mol. The molecule has 1 N–H and O–H groups in total. The molecule has 1 atom stereocenters. The first kappa shape index (κ1) is 12.8. The van der Waals surface area contributed by atoms with Crippen LogP contribution in [0.15, 0.2) is 18.2 Å². The Bertz CT molecular complexity index is 362. The summed E-state index contributed by atoms with van der Waals surface area (Å²) in [6.45, 7) is 1.41. The van der Waals surface area contributed by atoms with Gasteiger partial charge >= 0.3 is 6.36 Å². The predicted octanol–water partition coefficient (Wildman–Crippen LogP) is 2.82. The molecule has 90 valence electrons. The van der Waals surface area contributed by atoms with E-state index in [-0.39, 0.29) is 12.5 Å². The van der Waals surface area contributed by atoms with Gasteiger partial charge in [0.2, 0.25) is 0 Å². The van der Waals surface area contributed by atoms with E-state index in [1.165, 1.54) is 6.07 Å². The standard InChI is InChI=1S/C10H10F4O2/c1-6(5-15)7-2-3-9(8(11)4-7)16-10(12,13)14/h2-4,6,15H,5H2,1H3. The van der Waals surface area contributed by atoms with Crippen molar-refractivity contribution in [1.82, 2.24) is 0 Å². The maximum atomic E-state index is 13.2. The molecule has 0 aliphatic rings. The van der Waals surface area contributed by atoms with Crippen LogP contribution in [0.4, 0.5) is 17.6 Å². The summed E-state index contributed by atoms with van der Waals surface area (Å²) in [6, 6.07) is 3.09. The minimum absolute atomic E-state index is 0.209. The quantitative estimate of drug-likeness (QED) is 0.820. The lowest BCUT2D eigenvalue weighted by atomic mass is 10.0. The summed E-state index contributed by atoms with van der Waals surface area (Å²) in [7, 11) is 0. The van der Waals surface area contributed by atoms with Gasteiger partial charge in [0.25, 0.3) is 0 Å². The van der Waals surface area contributed by atoms with Gasteiger partial charge in [0.15, 0.2) is 11.6 Å². The fourth-order valence-electron chi connectivity index (χ4n) is 1.14. The van der Waals surface area contributed by atoms with Crippen molar-refractivity contribution in [2.24, 2.45) is 0 Å². The Morgan fingerprint density at radius 1 is 1.38 bits per heavy atom. The van der Waals surface area contributed by atoms with Crippen LogP contribution in [-0.2, 0) is 0 Å². The van der Waals surface area contributed by atoms with Gasteiger partial charge in [0, 0.05) is 12.5 Å². The minimum atomic E-state index is -4.91. The molecule has 16 heavy (non-hydrogen) atoms. The monoisotopic (exact) mass is 238 g/mol. The van der Waals surface area contributed by atoms with Crippen LogP contribution in [0.25, 0.3) is 0 Å². The van der Waals surface area contributed by atoms with E-state index in [4.69, 9.17) is 5.11 Å². The van der Waals surface area contributed by atoms with Crippen LogP contribution in [-0.4, -0.2) is 18.1 Å². The zero-order chi connectivity index (χ0) is 12.3. The Kier molecular flexibility index (Phi) is 3.74. The van der Waals surface area contributed by atoms with Crippen molar-refractivity contribution < 1.29 is 27.4 Å². The first-order chi connectivity index (χ1) is 7.33. The summed E-state index contributed by atoms with van der Waals surface area (Å²) < 4.78 is 52.1. The van der Waals surface area contributed by atoms with E-state index in [1.807, 2.05) is 0 Å². The van der Waals surface area contributed by atoms with Crippen LogP contribution < -0.4 is 4.74 Å². The third-order valence-electron chi connectivity index (χ3n) is 2.02. The maximum absolute atomic E-state index is 13.2. The summed E-state index contributed by atoms with van der Waals surface area (Å²) in [5, 5.41) is 8.80. The smallest absolute Gasteiger partial charge is 0.403 e. The fraction of sp³-hybridized carbons (Fsp3) is 0.400. The Labute approximate surface area is 89.5 Å². The largest absolute Gasteiger partial charge is 0.573 e. The van der Waals surface area contributed by atoms with Gasteiger partial charge in [-0.3, -0.25) is 0 Å². The number of hydrogen-bond acceptors (Lipinski definition) is 2. The molecule has 1 rings (SSSR count). The highest BCUT2D eigenvalue weighted by atomic mass is 19.4. The zero-order valence-electron chi connectivity index (χ0n) is 8.38. The number of aliphatic hydroxyl groups is 1. The van der Waals surface area contributed by atoms with Crippen molar-refractivity contribution in [3.8, 4) is 5.75 Å². The Morgan fingerprint density at radius 2 is 2.00 bits per heavy atom. The number of aliphatic hydroxyl groups excluding tert-OH is 1. The number of halogens is 4. The molecule has 6 heteroatoms. The molecule has 0 fully saturated rings. The molecular weight excluding hydrogens is 228 g/mol. The van der Waals surface area contributed by atoms with Crippen molar-refractivity contribution in [2.75, 3.05) is 6.61 Å². The number of benzene rings is 1. The molecule has 0 heterocycles. The van der Waals surface area contributed by atoms with E-state index in [0.29, 0.717) is 5.56 Å². The van der Waals surface area contributed by atoms with Crippen LogP contribution in [0.5, 0.6) is 5.75 Å². The molecule has 2 nitrogen and oxygen atoms in total. The molecule has 1 unspecified atom stereocenters. The van der Waals surface area contributed by atoms with E-state index in [1.54, 1.807) is 6.92 Å². The highest BCUT2D eigenvalue weighted by Gasteiger charge is 2.32. The van der Waals surface area contributed by atoms with Gasteiger partial charge < -0.3 is 9.84 Å². The van der Waals surface area contributed by atoms with Crippen molar-refractivity contribution in [3.63, 3.8) is 0 Å². The number of ether oxygens (including phenoxy) is 1. The van der Waals surface area contributed by atoms with E-state index < -0.39 is 17.9 Å². The molecule has 1 aromatic rings. The lowest BCUT2D eigenvalue weighted by Crippen LogP contribution is -2.18. The van der Waals surface area contributed by atoms with Gasteiger partial charge in [-0.05, 0) is 17.7 Å². The summed E-state index contributed by atoms with van der Waals surface area (Å²) >= 11 is 0. The molecular formula is C10H10F4O2. The van der Waals surface area contributed by atoms with Crippen molar-refractivity contribution >= 4 is 0 Å². The fourth-order valence-corrected chi connectivity index (χ4v) is 1.14. The minimum Gasteiger partial charge on any atom is -0.403 e. The maximum Gasteiger partial charge on any atom is 0.573 e. The van der Waals surface area contributed by atoms with Crippen LogP contribution in [0.3, 0.4) is 0 Å². The van der Waals surface area contributed by atoms with E-state index in [9.17, 15) is 17.6 Å². The molecule has 0 aromatic heterocycles. The average Bonchev–Trinajstić information content (AvgIpc) is 2.18. The summed E-state index contributed by atoms with van der Waals surface area (Å²) in [5.41, 5.74) is 0.412. The lowest BCUT2D eigenvalue weighted by molar-refractivity contribution is -0.275. The molecule has 0 amide bonds. The summed E-state index contributed by atoms with van der Waals surface area (Å²) in [6.07, 6.45) is -4.91. The molecule has 0 spiro atoms. The van der Waals surface area contributed by atoms with Crippen LogP contribution >= 0.6 is 0 Å². The second kappa shape index (κ2) is 4.69. The van der Waals surface area contributed by atoms with Crippen LogP contribution in [0, 0.1) is 5.82 Å². The zero-order valence-corrected chi connectivity index (χ0v) is 8.38. The van der Waals surface area contributed by atoms with Crippen LogP contribution in [0.2, 0.25) is 0 Å². The first-order valence-electron chi connectivity index (χ1n) is 4.49. The Morgan fingerprint density at radius 3 is 2.44 bits per heavy atom. The average molecular weight is 238 g/mol. The topological polar surface area (TPSA) is 29.5 Å². The van der Waals surface area contributed by atoms with Gasteiger partial charge in [0.1, 0.15) is 0 Å². The normalized spacial score (nSPS) is 13.6. The third-order valence-corrected chi connectivity index (χ3v) is 2.02. The third kappa shape index (κ3) is 3.37. The van der Waals surface area contributed by atoms with E-state index >= 15 is 0 Å². The number of alkyl halides is 3. The van der Waals surface area contributed by atoms with Gasteiger partial charge in [-0.2, -0.15) is 0 Å². The Hall–Kier alpha value is -1.30. The molecule has 0 bridgehead atoms. The highest BCUT2D eigenvalue weighted by Crippen LogP contribution is 2.27. The Balaban J connectivity index is 2.92. The second-order valence-electron chi connectivity index (χ2n) is 3.32. The van der Waals surface area contributed by atoms with Crippen molar-refractivity contribution in [1.29, 1.82) is 0 Å². The van der Waals surface area contributed by atoms with E-state index in [2.05, 4.69) is 4.74 Å². The van der Waals surface area contributed by atoms with Gasteiger partial charge in [-0.25, -0.2) is 4.39 Å². The molecule has 0 saturated carbocycles. The van der Waals surface area contributed by atoms with Crippen molar-refractivity contribution in [3.05, 3.63) is 29.6 Å².